The van der Waals surface area contributed by atoms with E-state index in [0.29, 0.717) is 17.7 Å². The van der Waals surface area contributed by atoms with Crippen molar-refractivity contribution in [3.8, 4) is 11.3 Å². The lowest BCUT2D eigenvalue weighted by atomic mass is 10.0. The molecule has 2 aromatic heterocycles. The van der Waals surface area contributed by atoms with Crippen molar-refractivity contribution in [2.45, 2.75) is 24.3 Å². The molecule has 0 aliphatic heterocycles. The Kier molecular flexibility index (Phi) is 3.61. The van der Waals surface area contributed by atoms with Crippen LogP contribution in [0.5, 0.6) is 0 Å². The van der Waals surface area contributed by atoms with Gasteiger partial charge in [0.25, 0.3) is 10.0 Å². The van der Waals surface area contributed by atoms with E-state index >= 15 is 0 Å². The molecule has 4 rings (SSSR count). The number of nitrogens with zero attached hydrogens (tertiary/aromatic N) is 3. The van der Waals surface area contributed by atoms with Gasteiger partial charge < -0.3 is 4.57 Å². The minimum Gasteiger partial charge on any atom is -0.339 e. The lowest BCUT2D eigenvalue weighted by molar-refractivity contribution is 0.112. The summed E-state index contributed by atoms with van der Waals surface area (Å²) in [6.07, 6.45) is 7.46. The van der Waals surface area contributed by atoms with Crippen molar-refractivity contribution in [2.75, 3.05) is 0 Å². The minimum atomic E-state index is -3.88. The molecule has 1 aliphatic rings. The van der Waals surface area contributed by atoms with E-state index in [1.165, 1.54) is 22.7 Å². The van der Waals surface area contributed by atoms with Gasteiger partial charge in [-0.05, 0) is 30.4 Å². The van der Waals surface area contributed by atoms with E-state index in [1.807, 2.05) is 24.3 Å². The first-order valence-corrected chi connectivity index (χ1v) is 9.47. The molecule has 0 N–H and O–H groups in total. The third-order valence-corrected chi connectivity index (χ3v) is 6.13. The molecule has 3 aromatic rings. The monoisotopic (exact) mass is 355 g/mol. The van der Waals surface area contributed by atoms with E-state index in [9.17, 15) is 13.2 Å². The summed E-state index contributed by atoms with van der Waals surface area (Å²) in [7, 11) is -2.17. The van der Waals surface area contributed by atoms with Crippen molar-refractivity contribution in [1.29, 1.82) is 0 Å². The Labute approximate surface area is 145 Å². The highest BCUT2D eigenvalue weighted by molar-refractivity contribution is 7.90. The number of fused-ring (bicyclic) bond motifs is 3. The summed E-state index contributed by atoms with van der Waals surface area (Å²) < 4.78 is 29.1. The summed E-state index contributed by atoms with van der Waals surface area (Å²) in [4.78, 5) is 15.5. The highest BCUT2D eigenvalue weighted by Crippen LogP contribution is 2.36. The van der Waals surface area contributed by atoms with Gasteiger partial charge in [0, 0.05) is 30.6 Å². The molecule has 1 aliphatic carbocycles. The Morgan fingerprint density at radius 1 is 1.16 bits per heavy atom. The van der Waals surface area contributed by atoms with E-state index in [-0.39, 0.29) is 5.03 Å². The molecule has 0 bridgehead atoms. The second-order valence-electron chi connectivity index (χ2n) is 6.22. The molecule has 0 saturated carbocycles. The number of rotatable bonds is 3. The number of carbonyl (C=O) groups is 1. The van der Waals surface area contributed by atoms with Gasteiger partial charge >= 0.3 is 0 Å². The maximum Gasteiger partial charge on any atom is 0.287 e. The Morgan fingerprint density at radius 3 is 2.68 bits per heavy atom. The predicted molar refractivity (Wildman–Crippen MR) is 93.1 cm³/mol. The van der Waals surface area contributed by atoms with Crippen molar-refractivity contribution >= 4 is 16.3 Å². The first-order chi connectivity index (χ1) is 12.0. The average Bonchev–Trinajstić information content (AvgIpc) is 3.15. The molecule has 2 heterocycles. The van der Waals surface area contributed by atoms with Gasteiger partial charge in [0.15, 0.2) is 11.3 Å². The summed E-state index contributed by atoms with van der Waals surface area (Å²) in [5, 5.41) is -0.0352. The minimum absolute atomic E-state index is 0.0352. The smallest absolute Gasteiger partial charge is 0.287 e. The SMILES string of the molecule is Cn1cnc(S(=O)(=O)n2cc(C=O)c3c2-c2ccccc2CCC3)c1. The standard InChI is InChI=1S/C18H17N3O3S/c1-20-10-17(19-12-20)25(23,24)21-9-14(11-22)16-8-4-6-13-5-2-3-7-15(13)18(16)21/h2-3,5,7,9-12H,4,6,8H2,1H3. The number of imidazole rings is 1. The normalized spacial score (nSPS) is 13.8. The number of benzene rings is 1. The first-order valence-electron chi connectivity index (χ1n) is 8.03. The van der Waals surface area contributed by atoms with E-state index in [1.54, 1.807) is 11.6 Å². The molecule has 0 spiro atoms. The molecule has 1 aromatic carbocycles. The molecule has 0 unspecified atom stereocenters. The van der Waals surface area contributed by atoms with Crippen LogP contribution in [0.4, 0.5) is 0 Å². The number of hydrogen-bond acceptors (Lipinski definition) is 4. The fourth-order valence-corrected chi connectivity index (χ4v) is 4.80. The largest absolute Gasteiger partial charge is 0.339 e. The number of aryl methyl sites for hydroxylation is 2. The number of carbonyl (C=O) groups excluding carboxylic acids is 1. The molecular weight excluding hydrogens is 338 g/mol. The summed E-state index contributed by atoms with van der Waals surface area (Å²) in [5.41, 5.74) is 3.75. The van der Waals surface area contributed by atoms with Gasteiger partial charge in [-0.15, -0.1) is 0 Å². The third kappa shape index (κ3) is 2.42. The van der Waals surface area contributed by atoms with E-state index in [0.717, 1.165) is 35.8 Å². The zero-order valence-corrected chi connectivity index (χ0v) is 14.5. The molecule has 0 fully saturated rings. The van der Waals surface area contributed by atoms with Crippen molar-refractivity contribution in [3.05, 3.63) is 59.7 Å². The molecule has 25 heavy (non-hydrogen) atoms. The molecule has 6 nitrogen and oxygen atoms in total. The van der Waals surface area contributed by atoms with Crippen LogP contribution in [0.25, 0.3) is 11.3 Å². The number of aldehydes is 1. The van der Waals surface area contributed by atoms with E-state index < -0.39 is 10.0 Å². The van der Waals surface area contributed by atoms with Crippen LogP contribution in [0.3, 0.4) is 0 Å². The van der Waals surface area contributed by atoms with Crippen LogP contribution >= 0.6 is 0 Å². The maximum absolute atomic E-state index is 13.1. The van der Waals surface area contributed by atoms with E-state index in [2.05, 4.69) is 4.98 Å². The second-order valence-corrected chi connectivity index (χ2v) is 7.98. The summed E-state index contributed by atoms with van der Waals surface area (Å²) in [5.74, 6) is 0. The first kappa shape index (κ1) is 15.8. The van der Waals surface area contributed by atoms with Gasteiger partial charge in [0.05, 0.1) is 12.0 Å². The lowest BCUT2D eigenvalue weighted by Crippen LogP contribution is -2.14. The van der Waals surface area contributed by atoms with Gasteiger partial charge in [0.1, 0.15) is 0 Å². The Bertz CT molecular complexity index is 1080. The maximum atomic E-state index is 13.1. The van der Waals surface area contributed by atoms with Gasteiger partial charge in [-0.1, -0.05) is 24.3 Å². The van der Waals surface area contributed by atoms with Gasteiger partial charge in [-0.3, -0.25) is 4.79 Å². The quantitative estimate of drug-likeness (QED) is 0.676. The van der Waals surface area contributed by atoms with Gasteiger partial charge in [-0.2, -0.15) is 8.42 Å². The lowest BCUT2D eigenvalue weighted by Gasteiger charge is -2.12. The zero-order valence-electron chi connectivity index (χ0n) is 13.7. The molecule has 0 radical (unpaired) electrons. The van der Waals surface area contributed by atoms with Crippen molar-refractivity contribution < 1.29 is 13.2 Å². The van der Waals surface area contributed by atoms with Crippen molar-refractivity contribution in [2.24, 2.45) is 7.05 Å². The molecular formula is C18H17N3O3S. The van der Waals surface area contributed by atoms with Crippen molar-refractivity contribution in [3.63, 3.8) is 0 Å². The van der Waals surface area contributed by atoms with Crippen molar-refractivity contribution in [1.82, 2.24) is 13.5 Å². The Balaban J connectivity index is 2.04. The van der Waals surface area contributed by atoms with Crippen LogP contribution in [0, 0.1) is 0 Å². The summed E-state index contributed by atoms with van der Waals surface area (Å²) in [6.45, 7) is 0. The van der Waals surface area contributed by atoms with Crippen LogP contribution in [-0.4, -0.2) is 28.2 Å². The van der Waals surface area contributed by atoms with Crippen LogP contribution in [0.1, 0.15) is 27.9 Å². The zero-order chi connectivity index (χ0) is 17.6. The number of hydrogen-bond donors (Lipinski definition) is 0. The van der Waals surface area contributed by atoms with Crippen LogP contribution in [0.2, 0.25) is 0 Å². The summed E-state index contributed by atoms with van der Waals surface area (Å²) in [6, 6.07) is 7.76. The molecule has 0 saturated heterocycles. The highest BCUT2D eigenvalue weighted by Gasteiger charge is 2.29. The molecule has 0 atom stereocenters. The van der Waals surface area contributed by atoms with Crippen LogP contribution in [-0.2, 0) is 29.9 Å². The predicted octanol–water partition coefficient (Wildman–Crippen LogP) is 2.43. The van der Waals surface area contributed by atoms with Crippen LogP contribution < -0.4 is 0 Å². The topological polar surface area (TPSA) is 74.0 Å². The number of aromatic nitrogens is 3. The van der Waals surface area contributed by atoms with Crippen LogP contribution in [0.15, 0.2) is 48.0 Å². The third-order valence-electron chi connectivity index (χ3n) is 4.59. The Hall–Kier alpha value is -2.67. The van der Waals surface area contributed by atoms with E-state index in [4.69, 9.17) is 0 Å². The fourth-order valence-electron chi connectivity index (χ4n) is 3.42. The van der Waals surface area contributed by atoms with Gasteiger partial charge in [0.2, 0.25) is 0 Å². The fraction of sp³-hybridized carbons (Fsp3) is 0.222. The Morgan fingerprint density at radius 2 is 1.96 bits per heavy atom. The highest BCUT2D eigenvalue weighted by atomic mass is 32.2. The molecule has 128 valence electrons. The van der Waals surface area contributed by atoms with Gasteiger partial charge in [-0.25, -0.2) is 8.96 Å². The molecule has 0 amide bonds. The second kappa shape index (κ2) is 5.70. The summed E-state index contributed by atoms with van der Waals surface area (Å²) >= 11 is 0. The molecule has 7 heteroatoms. The average molecular weight is 355 g/mol.